The Morgan fingerprint density at radius 2 is 2.15 bits per heavy atom. The summed E-state index contributed by atoms with van der Waals surface area (Å²) in [5.41, 5.74) is 1.02. The highest BCUT2D eigenvalue weighted by Gasteiger charge is 2.09. The molecule has 0 saturated carbocycles. The van der Waals surface area contributed by atoms with Crippen LogP contribution in [0, 0.1) is 4.78 Å². The highest BCUT2D eigenvalue weighted by molar-refractivity contribution is 8.00. The summed E-state index contributed by atoms with van der Waals surface area (Å²) in [6, 6.07) is 3.85. The fourth-order valence-corrected chi connectivity index (χ4v) is 2.35. The molecule has 2 nitrogen and oxygen atoms in total. The van der Waals surface area contributed by atoms with Crippen LogP contribution in [-0.2, 0) is 9.41 Å². The van der Waals surface area contributed by atoms with Gasteiger partial charge in [0.15, 0.2) is 0 Å². The molecule has 0 radical (unpaired) electrons. The normalized spacial score (nSPS) is 15.7. The minimum Gasteiger partial charge on any atom is -0.282 e. The molecule has 1 heterocycles. The van der Waals surface area contributed by atoms with E-state index in [1.54, 1.807) is 6.20 Å². The van der Waals surface area contributed by atoms with Crippen LogP contribution in [0.15, 0.2) is 23.2 Å². The van der Waals surface area contributed by atoms with Gasteiger partial charge in [0.05, 0.1) is 5.69 Å². The van der Waals surface area contributed by atoms with Crippen LogP contribution in [-0.4, -0.2) is 17.1 Å². The van der Waals surface area contributed by atoms with E-state index in [1.165, 1.54) is 0 Å². The number of nitrogens with zero attached hydrogens (tertiary/aromatic N) is 1. The van der Waals surface area contributed by atoms with Crippen LogP contribution in [0.2, 0.25) is 0 Å². The van der Waals surface area contributed by atoms with E-state index in [-0.39, 0.29) is 0 Å². The molecule has 0 fully saturated rings. The molecule has 0 aliphatic heterocycles. The van der Waals surface area contributed by atoms with Crippen LogP contribution < -0.4 is 0 Å². The van der Waals surface area contributed by atoms with Gasteiger partial charge in [0, 0.05) is 11.1 Å². The van der Waals surface area contributed by atoms with Gasteiger partial charge in [0.2, 0.25) is 0 Å². The van der Waals surface area contributed by atoms with Crippen LogP contribution in [0.1, 0.15) is 25.5 Å². The van der Waals surface area contributed by atoms with Crippen molar-refractivity contribution in [2.45, 2.75) is 24.7 Å². The van der Waals surface area contributed by atoms with Gasteiger partial charge in [0.25, 0.3) is 0 Å². The zero-order valence-corrected chi connectivity index (χ0v) is 9.19. The number of hydrogen-bond acceptors (Lipinski definition) is 2. The lowest BCUT2D eigenvalue weighted by molar-refractivity contribution is 0.794. The van der Waals surface area contributed by atoms with Gasteiger partial charge in [-0.25, -0.2) is 0 Å². The zero-order chi connectivity index (χ0) is 10.1. The number of hydrogen-bond donors (Lipinski definition) is 1. The fourth-order valence-electron chi connectivity index (χ4n) is 1.22. The maximum absolute atomic E-state index is 7.94. The monoisotopic (exact) mass is 196 g/mol. The van der Waals surface area contributed by atoms with Crippen molar-refractivity contribution in [2.75, 3.05) is 6.26 Å². The Hall–Kier alpha value is -0.830. The van der Waals surface area contributed by atoms with Crippen LogP contribution in [0.3, 0.4) is 0 Å². The first-order chi connectivity index (χ1) is 5.93. The molecule has 1 atom stereocenters. The Morgan fingerprint density at radius 3 is 2.54 bits per heavy atom. The van der Waals surface area contributed by atoms with Crippen LogP contribution in [0.5, 0.6) is 0 Å². The van der Waals surface area contributed by atoms with Crippen molar-refractivity contribution in [3.05, 3.63) is 24.0 Å². The van der Waals surface area contributed by atoms with Gasteiger partial charge in [-0.2, -0.15) is 0 Å². The first-order valence-corrected chi connectivity index (χ1v) is 6.45. The summed E-state index contributed by atoms with van der Waals surface area (Å²) in [7, 11) is -1.64. The number of nitrogens with one attached hydrogen (secondary N) is 1. The van der Waals surface area contributed by atoms with Crippen LogP contribution in [0.25, 0.3) is 0 Å². The quantitative estimate of drug-likeness (QED) is 0.725. The Morgan fingerprint density at radius 1 is 1.54 bits per heavy atom. The molecular formula is C10H16N2S. The summed E-state index contributed by atoms with van der Waals surface area (Å²) >= 11 is 0. The third kappa shape index (κ3) is 2.31. The highest BCUT2D eigenvalue weighted by atomic mass is 32.2. The van der Waals surface area contributed by atoms with E-state index in [1.807, 2.05) is 18.4 Å². The molecule has 0 bridgehead atoms. The van der Waals surface area contributed by atoms with Crippen molar-refractivity contribution < 1.29 is 0 Å². The smallest absolute Gasteiger partial charge is 0.0568 e. The molecule has 1 N–H and O–H groups in total. The molecule has 3 heteroatoms. The van der Waals surface area contributed by atoms with E-state index in [2.05, 4.69) is 24.7 Å². The van der Waals surface area contributed by atoms with Gasteiger partial charge < -0.3 is 0 Å². The predicted molar refractivity (Wildman–Crippen MR) is 59.7 cm³/mol. The number of rotatable bonds is 2. The van der Waals surface area contributed by atoms with Crippen molar-refractivity contribution >= 4 is 15.3 Å². The van der Waals surface area contributed by atoms with Gasteiger partial charge in [-0.3, -0.25) is 9.76 Å². The molecule has 72 valence electrons. The Labute approximate surface area is 80.5 Å². The molecule has 1 aromatic rings. The lowest BCUT2D eigenvalue weighted by Crippen LogP contribution is -2.04. The molecule has 0 aromatic carbocycles. The largest absolute Gasteiger partial charge is 0.282 e. The molecule has 0 aliphatic rings. The second kappa shape index (κ2) is 3.50. The SMILES string of the molecule is C=S(C)(=N)c1cccnc1C(C)C. The maximum Gasteiger partial charge on any atom is 0.0568 e. The molecular weight excluding hydrogens is 180 g/mol. The molecule has 0 saturated heterocycles. The molecule has 13 heavy (non-hydrogen) atoms. The molecule has 0 aliphatic carbocycles. The molecule has 0 spiro atoms. The van der Waals surface area contributed by atoms with Gasteiger partial charge in [-0.1, -0.05) is 19.7 Å². The first-order valence-electron chi connectivity index (χ1n) is 4.24. The third-order valence-corrected chi connectivity index (χ3v) is 3.15. The van der Waals surface area contributed by atoms with Crippen molar-refractivity contribution in [2.24, 2.45) is 0 Å². The van der Waals surface area contributed by atoms with E-state index in [4.69, 9.17) is 4.78 Å². The Bertz CT molecular complexity index is 391. The number of pyridine rings is 1. The average Bonchev–Trinajstić information content (AvgIpc) is 2.03. The number of aromatic nitrogens is 1. The minimum atomic E-state index is -1.64. The topological polar surface area (TPSA) is 36.7 Å². The summed E-state index contributed by atoms with van der Waals surface area (Å²) < 4.78 is 7.94. The maximum atomic E-state index is 7.94. The lowest BCUT2D eigenvalue weighted by atomic mass is 10.1. The summed E-state index contributed by atoms with van der Waals surface area (Å²) in [6.07, 6.45) is 3.65. The van der Waals surface area contributed by atoms with Crippen molar-refractivity contribution in [3.63, 3.8) is 0 Å². The second-order valence-corrected chi connectivity index (χ2v) is 6.24. The fraction of sp³-hybridized carbons (Fsp3) is 0.400. The standard InChI is InChI=1S/C10H16N2S/c1-8(2)10-9(13(3,4)11)6-5-7-12-10/h5-8,11H,3H2,1-2,4H3. The average molecular weight is 196 g/mol. The van der Waals surface area contributed by atoms with Crippen molar-refractivity contribution in [1.29, 1.82) is 4.78 Å². The summed E-state index contributed by atoms with van der Waals surface area (Å²) in [5.74, 6) is 4.26. The summed E-state index contributed by atoms with van der Waals surface area (Å²) in [6.45, 7) is 4.19. The minimum absolute atomic E-state index is 0.370. The van der Waals surface area contributed by atoms with Gasteiger partial charge in [0.1, 0.15) is 0 Å². The predicted octanol–water partition coefficient (Wildman–Crippen LogP) is 2.54. The summed E-state index contributed by atoms with van der Waals surface area (Å²) in [4.78, 5) is 5.31. The van der Waals surface area contributed by atoms with E-state index in [0.717, 1.165) is 10.6 Å². The Balaban J connectivity index is 3.37. The van der Waals surface area contributed by atoms with Crippen LogP contribution >= 0.6 is 0 Å². The lowest BCUT2D eigenvalue weighted by Gasteiger charge is -2.13. The van der Waals surface area contributed by atoms with E-state index in [9.17, 15) is 0 Å². The van der Waals surface area contributed by atoms with E-state index in [0.29, 0.717) is 5.92 Å². The van der Waals surface area contributed by atoms with E-state index < -0.39 is 9.41 Å². The first kappa shape index (κ1) is 10.3. The third-order valence-electron chi connectivity index (χ3n) is 1.83. The van der Waals surface area contributed by atoms with Crippen LogP contribution in [0.4, 0.5) is 0 Å². The molecule has 1 rings (SSSR count). The van der Waals surface area contributed by atoms with Gasteiger partial charge in [-0.05, 0) is 24.3 Å². The molecule has 1 aromatic heterocycles. The molecule has 0 amide bonds. The van der Waals surface area contributed by atoms with Crippen molar-refractivity contribution in [3.8, 4) is 0 Å². The Kier molecular flexibility index (Phi) is 2.76. The van der Waals surface area contributed by atoms with Crippen molar-refractivity contribution in [1.82, 2.24) is 4.98 Å². The molecule has 1 unspecified atom stereocenters. The van der Waals surface area contributed by atoms with Gasteiger partial charge in [-0.15, -0.1) is 9.41 Å². The highest BCUT2D eigenvalue weighted by Crippen LogP contribution is 2.20. The second-order valence-electron chi connectivity index (χ2n) is 3.63. The summed E-state index contributed by atoms with van der Waals surface area (Å²) in [5, 5.41) is 0. The van der Waals surface area contributed by atoms with Gasteiger partial charge >= 0.3 is 0 Å². The van der Waals surface area contributed by atoms with E-state index >= 15 is 0 Å². The zero-order valence-electron chi connectivity index (χ0n) is 8.37.